The smallest absolute Gasteiger partial charge is 0.227 e. The Morgan fingerprint density at radius 1 is 0.762 bits per heavy atom. The zero-order valence-corrected chi connectivity index (χ0v) is 13.3. The maximum absolute atomic E-state index is 12.3. The van der Waals surface area contributed by atoms with E-state index in [1.807, 2.05) is 12.1 Å². The molecule has 0 aromatic heterocycles. The minimum atomic E-state index is -0.305. The summed E-state index contributed by atoms with van der Waals surface area (Å²) in [4.78, 5) is 24.5. The molecule has 0 atom stereocenters. The Bertz CT molecular complexity index is 613. The van der Waals surface area contributed by atoms with Crippen LogP contribution in [-0.2, 0) is 11.8 Å². The zero-order valence-electron chi connectivity index (χ0n) is 11.0. The van der Waals surface area contributed by atoms with Crippen molar-refractivity contribution in [2.45, 2.75) is 11.8 Å². The van der Waals surface area contributed by atoms with Gasteiger partial charge in [0.15, 0.2) is 0 Å². The van der Waals surface area contributed by atoms with Crippen LogP contribution in [0.15, 0.2) is 48.5 Å². The van der Waals surface area contributed by atoms with Crippen molar-refractivity contribution in [3.63, 3.8) is 0 Å². The van der Waals surface area contributed by atoms with Gasteiger partial charge >= 0.3 is 0 Å². The number of thioether (sulfide) groups is 1. The van der Waals surface area contributed by atoms with Gasteiger partial charge in [-0.25, -0.2) is 0 Å². The Balaban J connectivity index is 2.21. The number of hydrogen-bond acceptors (Lipinski definition) is 3. The van der Waals surface area contributed by atoms with E-state index in [-0.39, 0.29) is 22.0 Å². The monoisotopic (exact) mass is 338 g/mol. The van der Waals surface area contributed by atoms with E-state index in [1.54, 1.807) is 36.4 Å². The molecule has 5 heteroatoms. The first-order chi connectivity index (χ1) is 10.2. The van der Waals surface area contributed by atoms with Gasteiger partial charge in [0, 0.05) is 22.9 Å². The Morgan fingerprint density at radius 3 is 1.52 bits per heavy atom. The van der Waals surface area contributed by atoms with Crippen LogP contribution in [-0.4, -0.2) is 10.2 Å². The van der Waals surface area contributed by atoms with Crippen LogP contribution in [0.1, 0.15) is 31.8 Å². The third-order valence-corrected chi connectivity index (χ3v) is 4.33. The highest BCUT2D eigenvalue weighted by molar-refractivity contribution is 8.27. The topological polar surface area (TPSA) is 34.1 Å². The van der Waals surface area contributed by atoms with Crippen molar-refractivity contribution in [2.24, 2.45) is 0 Å². The number of carbonyl (C=O) groups excluding carboxylic acids is 2. The third-order valence-electron chi connectivity index (χ3n) is 2.95. The van der Waals surface area contributed by atoms with Crippen molar-refractivity contribution >= 4 is 45.2 Å². The van der Waals surface area contributed by atoms with Crippen LogP contribution in [0, 0.1) is 0 Å². The van der Waals surface area contributed by atoms with Crippen molar-refractivity contribution in [3.8, 4) is 0 Å². The first kappa shape index (κ1) is 16.1. The molecule has 0 heterocycles. The lowest BCUT2D eigenvalue weighted by atomic mass is 10.1. The first-order valence-corrected chi connectivity index (χ1v) is 8.10. The summed E-state index contributed by atoms with van der Waals surface area (Å²) in [5.74, 6) is 0.462. The molecule has 0 aliphatic carbocycles. The summed E-state index contributed by atoms with van der Waals surface area (Å²) in [7, 11) is 0. The Kier molecular flexibility index (Phi) is 5.85. The largest absolute Gasteiger partial charge is 0.281 e. The number of carbonyl (C=O) groups is 2. The summed E-state index contributed by atoms with van der Waals surface area (Å²) >= 11 is 12.3. The zero-order chi connectivity index (χ0) is 15.2. The lowest BCUT2D eigenvalue weighted by molar-refractivity contribution is 0.106. The summed E-state index contributed by atoms with van der Waals surface area (Å²) in [5.41, 5.74) is 2.37. The summed E-state index contributed by atoms with van der Waals surface area (Å²) in [6, 6.07) is 14.0. The molecule has 0 saturated heterocycles. The fourth-order valence-corrected chi connectivity index (χ4v) is 3.12. The first-order valence-electron chi connectivity index (χ1n) is 6.21. The van der Waals surface area contributed by atoms with Crippen LogP contribution in [0.2, 0.25) is 0 Å². The second-order valence-electron chi connectivity index (χ2n) is 4.26. The lowest BCUT2D eigenvalue weighted by Crippen LogP contribution is -2.05. The maximum Gasteiger partial charge on any atom is 0.227 e. The Labute approximate surface area is 137 Å². The fourth-order valence-electron chi connectivity index (χ4n) is 1.87. The molecule has 0 unspecified atom stereocenters. The van der Waals surface area contributed by atoms with Gasteiger partial charge in [-0.1, -0.05) is 48.5 Å². The molecule has 0 bridgehead atoms. The van der Waals surface area contributed by atoms with Crippen molar-refractivity contribution < 1.29 is 9.59 Å². The maximum atomic E-state index is 12.3. The van der Waals surface area contributed by atoms with Gasteiger partial charge in [0.2, 0.25) is 10.2 Å². The van der Waals surface area contributed by atoms with Crippen molar-refractivity contribution in [3.05, 3.63) is 70.8 Å². The van der Waals surface area contributed by atoms with Crippen molar-refractivity contribution in [1.82, 2.24) is 0 Å². The fraction of sp³-hybridized carbons (Fsp3) is 0.125. The van der Waals surface area contributed by atoms with Gasteiger partial charge in [0.05, 0.1) is 0 Å². The summed E-state index contributed by atoms with van der Waals surface area (Å²) in [5, 5.41) is -0.610. The molecule has 0 aliphatic rings. The minimum absolute atomic E-state index is 0.231. The molecule has 0 aliphatic heterocycles. The molecule has 2 nitrogen and oxygen atoms in total. The van der Waals surface area contributed by atoms with Crippen LogP contribution in [0.3, 0.4) is 0 Å². The number of alkyl halides is 2. The molecular formula is C16H12Cl2O2S. The number of halogens is 2. The van der Waals surface area contributed by atoms with E-state index in [2.05, 4.69) is 0 Å². The minimum Gasteiger partial charge on any atom is -0.281 e. The Hall–Kier alpha value is -1.29. The van der Waals surface area contributed by atoms with Crippen LogP contribution < -0.4 is 0 Å². The molecule has 0 fully saturated rings. The third kappa shape index (κ3) is 3.88. The number of benzene rings is 2. The molecule has 0 radical (unpaired) electrons. The molecular weight excluding hydrogens is 327 g/mol. The summed E-state index contributed by atoms with van der Waals surface area (Å²) < 4.78 is 0. The predicted octanol–water partition coefficient (Wildman–Crippen LogP) is 4.88. The van der Waals surface area contributed by atoms with Crippen LogP contribution in [0.25, 0.3) is 0 Å². The van der Waals surface area contributed by atoms with Gasteiger partial charge in [0.25, 0.3) is 0 Å². The van der Waals surface area contributed by atoms with Gasteiger partial charge in [-0.05, 0) is 22.9 Å². The van der Waals surface area contributed by atoms with Crippen molar-refractivity contribution in [2.75, 3.05) is 0 Å². The lowest BCUT2D eigenvalue weighted by Gasteiger charge is -2.07. The number of hydrogen-bond donors (Lipinski definition) is 0. The molecule has 108 valence electrons. The molecule has 2 aromatic rings. The molecule has 2 rings (SSSR count). The second kappa shape index (κ2) is 7.64. The molecule has 0 amide bonds. The standard InChI is InChI=1S/C16H12Cl2O2S/c17-9-11-5-1-3-7-13(11)15(19)21-16(20)14-8-4-2-6-12(14)10-18/h1-8H,9-10H2. The molecule has 2 aromatic carbocycles. The quantitative estimate of drug-likeness (QED) is 0.745. The molecule has 21 heavy (non-hydrogen) atoms. The van der Waals surface area contributed by atoms with E-state index in [4.69, 9.17) is 23.2 Å². The highest BCUT2D eigenvalue weighted by Crippen LogP contribution is 2.24. The molecule has 0 saturated carbocycles. The normalized spacial score (nSPS) is 10.4. The van der Waals surface area contributed by atoms with Gasteiger partial charge in [-0.3, -0.25) is 9.59 Å². The summed E-state index contributed by atoms with van der Waals surface area (Å²) in [6.45, 7) is 0. The molecule has 0 N–H and O–H groups in total. The number of rotatable bonds is 4. The van der Waals surface area contributed by atoms with E-state index in [1.165, 1.54) is 0 Å². The Morgan fingerprint density at radius 2 is 1.14 bits per heavy atom. The van der Waals surface area contributed by atoms with Crippen LogP contribution in [0.4, 0.5) is 0 Å². The van der Waals surface area contributed by atoms with Crippen molar-refractivity contribution in [1.29, 1.82) is 0 Å². The second-order valence-corrected chi connectivity index (χ2v) is 5.74. The van der Waals surface area contributed by atoms with Gasteiger partial charge < -0.3 is 0 Å². The average Bonchev–Trinajstić information content (AvgIpc) is 2.54. The molecule has 0 spiro atoms. The highest BCUT2D eigenvalue weighted by atomic mass is 35.5. The van der Waals surface area contributed by atoms with Crippen LogP contribution in [0.5, 0.6) is 0 Å². The van der Waals surface area contributed by atoms with E-state index in [0.717, 1.165) is 11.1 Å². The van der Waals surface area contributed by atoms with Gasteiger partial charge in [-0.15, -0.1) is 23.2 Å². The van der Waals surface area contributed by atoms with E-state index >= 15 is 0 Å². The van der Waals surface area contributed by atoms with E-state index < -0.39 is 0 Å². The van der Waals surface area contributed by atoms with E-state index in [0.29, 0.717) is 22.9 Å². The van der Waals surface area contributed by atoms with Gasteiger partial charge in [-0.2, -0.15) is 0 Å². The SMILES string of the molecule is O=C(SC(=O)c1ccccc1CCl)c1ccccc1CCl. The van der Waals surface area contributed by atoms with Crippen LogP contribution >= 0.6 is 35.0 Å². The van der Waals surface area contributed by atoms with E-state index in [9.17, 15) is 9.59 Å². The highest BCUT2D eigenvalue weighted by Gasteiger charge is 2.18. The van der Waals surface area contributed by atoms with Gasteiger partial charge in [0.1, 0.15) is 0 Å². The average molecular weight is 339 g/mol. The summed E-state index contributed by atoms with van der Waals surface area (Å²) in [6.07, 6.45) is 0. The predicted molar refractivity (Wildman–Crippen MR) is 88.3 cm³/mol.